The quantitative estimate of drug-likeness (QED) is 0.690. The molecule has 4 rings (SSSR count). The van der Waals surface area contributed by atoms with Crippen LogP contribution in [0.1, 0.15) is 43.2 Å². The summed E-state index contributed by atoms with van der Waals surface area (Å²) >= 11 is 6.01. The van der Waals surface area contributed by atoms with Crippen LogP contribution in [0.4, 0.5) is 0 Å². The van der Waals surface area contributed by atoms with Crippen molar-refractivity contribution < 1.29 is 13.2 Å². The standard InChI is InChI=1S/C24H27ClN2O3S/c25-22-9-7-21(8-10-22)24(14-4-15-24)26-23(28)20-11-16-27(17-12-20)31(29,30)18-13-19-5-2-1-3-6-19/h1-3,5-10,13,18,20H,4,11-12,14-17H2,(H,26,28)/b18-13+. The van der Waals surface area contributed by atoms with Gasteiger partial charge in [0.1, 0.15) is 0 Å². The zero-order valence-corrected chi connectivity index (χ0v) is 18.9. The summed E-state index contributed by atoms with van der Waals surface area (Å²) in [6, 6.07) is 17.0. The minimum Gasteiger partial charge on any atom is -0.346 e. The number of carbonyl (C=O) groups is 1. The fourth-order valence-electron chi connectivity index (χ4n) is 4.31. The molecule has 5 nitrogen and oxygen atoms in total. The van der Waals surface area contributed by atoms with E-state index in [1.165, 1.54) is 9.71 Å². The van der Waals surface area contributed by atoms with Crippen molar-refractivity contribution in [1.29, 1.82) is 0 Å². The van der Waals surface area contributed by atoms with Gasteiger partial charge >= 0.3 is 0 Å². The molecule has 2 aromatic rings. The molecular weight excluding hydrogens is 432 g/mol. The molecule has 2 aromatic carbocycles. The molecular formula is C24H27ClN2O3S. The van der Waals surface area contributed by atoms with Gasteiger partial charge in [-0.2, -0.15) is 4.31 Å². The molecule has 0 unspecified atom stereocenters. The predicted octanol–water partition coefficient (Wildman–Crippen LogP) is 4.55. The van der Waals surface area contributed by atoms with Gasteiger partial charge in [0.25, 0.3) is 0 Å². The summed E-state index contributed by atoms with van der Waals surface area (Å²) in [7, 11) is -3.50. The van der Waals surface area contributed by atoms with Crippen LogP contribution < -0.4 is 5.32 Å². The molecule has 1 N–H and O–H groups in total. The van der Waals surface area contributed by atoms with E-state index in [0.29, 0.717) is 31.0 Å². The Labute approximate surface area is 189 Å². The van der Waals surface area contributed by atoms with Gasteiger partial charge < -0.3 is 5.32 Å². The van der Waals surface area contributed by atoms with Crippen molar-refractivity contribution in [3.63, 3.8) is 0 Å². The number of rotatable bonds is 6. The van der Waals surface area contributed by atoms with Crippen molar-refractivity contribution in [2.24, 2.45) is 5.92 Å². The number of nitrogens with zero attached hydrogens (tertiary/aromatic N) is 1. The summed E-state index contributed by atoms with van der Waals surface area (Å²) < 4.78 is 26.8. The van der Waals surface area contributed by atoms with Crippen molar-refractivity contribution in [2.75, 3.05) is 13.1 Å². The Morgan fingerprint density at radius 2 is 1.68 bits per heavy atom. The number of piperidine rings is 1. The van der Waals surface area contributed by atoms with Crippen LogP contribution in [0.5, 0.6) is 0 Å². The Morgan fingerprint density at radius 3 is 2.26 bits per heavy atom. The van der Waals surface area contributed by atoms with Crippen LogP contribution in [0, 0.1) is 5.92 Å². The molecule has 2 aliphatic rings. The average molecular weight is 459 g/mol. The van der Waals surface area contributed by atoms with Gasteiger partial charge in [-0.05, 0) is 61.4 Å². The number of amides is 1. The highest BCUT2D eigenvalue weighted by atomic mass is 35.5. The Morgan fingerprint density at radius 1 is 1.03 bits per heavy atom. The lowest BCUT2D eigenvalue weighted by Gasteiger charge is -2.44. The lowest BCUT2D eigenvalue weighted by Crippen LogP contribution is -2.53. The zero-order valence-electron chi connectivity index (χ0n) is 17.3. The highest BCUT2D eigenvalue weighted by molar-refractivity contribution is 7.92. The number of benzene rings is 2. The first-order chi connectivity index (χ1) is 14.9. The third-order valence-corrected chi connectivity index (χ3v) is 8.20. The zero-order chi connectivity index (χ0) is 21.9. The summed E-state index contributed by atoms with van der Waals surface area (Å²) in [5.74, 6) is -0.152. The van der Waals surface area contributed by atoms with Gasteiger partial charge in [0, 0.05) is 29.4 Å². The van der Waals surface area contributed by atoms with Gasteiger partial charge in [-0.25, -0.2) is 8.42 Å². The van der Waals surface area contributed by atoms with Crippen LogP contribution in [-0.2, 0) is 20.4 Å². The second kappa shape index (κ2) is 9.15. The summed E-state index contributed by atoms with van der Waals surface area (Å²) in [5.41, 5.74) is 1.61. The molecule has 1 aliphatic heterocycles. The van der Waals surface area contributed by atoms with Gasteiger partial charge in [-0.1, -0.05) is 54.1 Å². The molecule has 164 valence electrons. The number of nitrogens with one attached hydrogen (secondary N) is 1. The summed E-state index contributed by atoms with van der Waals surface area (Å²) in [4.78, 5) is 13.0. The minimum absolute atomic E-state index is 0.0199. The van der Waals surface area contributed by atoms with Crippen LogP contribution in [0.15, 0.2) is 60.0 Å². The lowest BCUT2D eigenvalue weighted by atomic mass is 9.71. The molecule has 1 heterocycles. The van der Waals surface area contributed by atoms with Crippen molar-refractivity contribution in [3.05, 3.63) is 76.2 Å². The lowest BCUT2D eigenvalue weighted by molar-refractivity contribution is -0.129. The van der Waals surface area contributed by atoms with Crippen LogP contribution in [0.3, 0.4) is 0 Å². The molecule has 0 atom stereocenters. The largest absolute Gasteiger partial charge is 0.346 e. The van der Waals surface area contributed by atoms with E-state index >= 15 is 0 Å². The topological polar surface area (TPSA) is 66.5 Å². The van der Waals surface area contributed by atoms with E-state index in [9.17, 15) is 13.2 Å². The number of halogens is 1. The highest BCUT2D eigenvalue weighted by Crippen LogP contribution is 2.42. The van der Waals surface area contributed by atoms with Crippen LogP contribution >= 0.6 is 11.6 Å². The monoisotopic (exact) mass is 458 g/mol. The van der Waals surface area contributed by atoms with E-state index in [1.807, 2.05) is 54.6 Å². The van der Waals surface area contributed by atoms with Crippen LogP contribution in [0.2, 0.25) is 5.02 Å². The van der Waals surface area contributed by atoms with E-state index in [0.717, 1.165) is 30.4 Å². The van der Waals surface area contributed by atoms with E-state index < -0.39 is 10.0 Å². The summed E-state index contributed by atoms with van der Waals surface area (Å²) in [6.45, 7) is 0.709. The first kappa shape index (κ1) is 22.1. The molecule has 1 saturated heterocycles. The van der Waals surface area contributed by atoms with Crippen LogP contribution in [0.25, 0.3) is 6.08 Å². The van der Waals surface area contributed by atoms with E-state index in [-0.39, 0.29) is 17.4 Å². The van der Waals surface area contributed by atoms with E-state index in [2.05, 4.69) is 5.32 Å². The third-order valence-electron chi connectivity index (χ3n) is 6.38. The predicted molar refractivity (Wildman–Crippen MR) is 124 cm³/mol. The van der Waals surface area contributed by atoms with Gasteiger partial charge in [-0.15, -0.1) is 0 Å². The maximum Gasteiger partial charge on any atom is 0.236 e. The molecule has 1 amide bonds. The molecule has 7 heteroatoms. The molecule has 31 heavy (non-hydrogen) atoms. The smallest absolute Gasteiger partial charge is 0.236 e. The molecule has 0 aromatic heterocycles. The molecule has 2 fully saturated rings. The molecule has 0 radical (unpaired) electrons. The Hall–Kier alpha value is -2.15. The van der Waals surface area contributed by atoms with Crippen molar-refractivity contribution in [3.8, 4) is 0 Å². The summed E-state index contributed by atoms with van der Waals surface area (Å²) in [6.07, 6.45) is 5.57. The fraction of sp³-hybridized carbons (Fsp3) is 0.375. The Balaban J connectivity index is 1.35. The maximum atomic E-state index is 13.0. The second-order valence-electron chi connectivity index (χ2n) is 8.36. The van der Waals surface area contributed by atoms with Crippen molar-refractivity contribution in [2.45, 2.75) is 37.6 Å². The van der Waals surface area contributed by atoms with Gasteiger partial charge in [0.2, 0.25) is 15.9 Å². The van der Waals surface area contributed by atoms with Gasteiger partial charge in [0.05, 0.1) is 5.54 Å². The van der Waals surface area contributed by atoms with E-state index in [1.54, 1.807) is 6.08 Å². The first-order valence-corrected chi connectivity index (χ1v) is 12.6. The van der Waals surface area contributed by atoms with E-state index in [4.69, 9.17) is 11.6 Å². The van der Waals surface area contributed by atoms with Crippen LogP contribution in [-0.4, -0.2) is 31.7 Å². The average Bonchev–Trinajstić information content (AvgIpc) is 2.76. The highest BCUT2D eigenvalue weighted by Gasteiger charge is 2.41. The molecule has 0 spiro atoms. The minimum atomic E-state index is -3.50. The Bertz CT molecular complexity index is 1040. The number of hydrogen-bond donors (Lipinski definition) is 1. The summed E-state index contributed by atoms with van der Waals surface area (Å²) in [5, 5.41) is 5.21. The Kier molecular flexibility index (Phi) is 6.51. The molecule has 1 aliphatic carbocycles. The number of hydrogen-bond acceptors (Lipinski definition) is 3. The SMILES string of the molecule is O=C(NC1(c2ccc(Cl)cc2)CCC1)C1CCN(S(=O)(=O)/C=C/c2ccccc2)CC1. The normalized spacial score (nSPS) is 19.8. The van der Waals surface area contributed by atoms with Crippen molar-refractivity contribution >= 4 is 33.6 Å². The number of carbonyl (C=O) groups excluding carboxylic acids is 1. The van der Waals surface area contributed by atoms with Gasteiger partial charge in [0.15, 0.2) is 0 Å². The van der Waals surface area contributed by atoms with Crippen molar-refractivity contribution in [1.82, 2.24) is 9.62 Å². The fourth-order valence-corrected chi connectivity index (χ4v) is 5.66. The first-order valence-electron chi connectivity index (χ1n) is 10.7. The third kappa shape index (κ3) is 5.03. The maximum absolute atomic E-state index is 13.0. The second-order valence-corrected chi connectivity index (χ2v) is 10.6. The van der Waals surface area contributed by atoms with Gasteiger partial charge in [-0.3, -0.25) is 4.79 Å². The number of sulfonamides is 1. The molecule has 0 bridgehead atoms. The molecule has 1 saturated carbocycles.